The molecule has 0 aliphatic heterocycles. The van der Waals surface area contributed by atoms with Crippen molar-refractivity contribution in [2.75, 3.05) is 0 Å². The van der Waals surface area contributed by atoms with Gasteiger partial charge in [0.05, 0.1) is 0 Å². The zero-order chi connectivity index (χ0) is 15.1. The van der Waals surface area contributed by atoms with E-state index in [1.54, 1.807) is 0 Å². The van der Waals surface area contributed by atoms with Crippen LogP contribution in [0.1, 0.15) is 49.9 Å². The molecule has 112 valence electrons. The van der Waals surface area contributed by atoms with Gasteiger partial charge >= 0.3 is 0 Å². The highest BCUT2D eigenvalue weighted by molar-refractivity contribution is 5.27. The minimum absolute atomic E-state index is 0.427. The first-order valence-electron chi connectivity index (χ1n) is 8.05. The van der Waals surface area contributed by atoms with Crippen molar-refractivity contribution in [3.8, 4) is 0 Å². The lowest BCUT2D eigenvalue weighted by Gasteiger charge is -2.22. The van der Waals surface area contributed by atoms with E-state index >= 15 is 0 Å². The van der Waals surface area contributed by atoms with Crippen LogP contribution in [-0.2, 0) is 13.0 Å². The molecule has 1 atom stereocenters. The predicted molar refractivity (Wildman–Crippen MR) is 91.3 cm³/mol. The van der Waals surface area contributed by atoms with Crippen LogP contribution in [0, 0.1) is 5.92 Å². The molecule has 2 aromatic rings. The van der Waals surface area contributed by atoms with Gasteiger partial charge in [0.2, 0.25) is 0 Å². The summed E-state index contributed by atoms with van der Waals surface area (Å²) < 4.78 is 0. The first-order chi connectivity index (χ1) is 10.2. The minimum Gasteiger partial charge on any atom is -0.306 e. The smallest absolute Gasteiger partial charge is 0.0325 e. The molecule has 0 saturated carbocycles. The van der Waals surface area contributed by atoms with Crippen molar-refractivity contribution in [2.24, 2.45) is 5.92 Å². The molecule has 0 heterocycles. The van der Waals surface area contributed by atoms with Crippen LogP contribution in [0.4, 0.5) is 0 Å². The molecule has 21 heavy (non-hydrogen) atoms. The fourth-order valence-electron chi connectivity index (χ4n) is 2.80. The Morgan fingerprint density at radius 1 is 0.857 bits per heavy atom. The number of aryl methyl sites for hydroxylation is 1. The molecule has 0 amide bonds. The van der Waals surface area contributed by atoms with Crippen LogP contribution in [0.3, 0.4) is 0 Å². The largest absolute Gasteiger partial charge is 0.306 e. The molecule has 2 aromatic carbocycles. The van der Waals surface area contributed by atoms with E-state index in [0.29, 0.717) is 12.0 Å². The molecule has 0 spiro atoms. The SMILES string of the molecule is CCc1ccccc1CNC(CC(C)C)c1ccccc1. The molecular weight excluding hydrogens is 254 g/mol. The van der Waals surface area contributed by atoms with Gasteiger partial charge in [-0.25, -0.2) is 0 Å². The van der Waals surface area contributed by atoms with Gasteiger partial charge in [-0.1, -0.05) is 75.4 Å². The van der Waals surface area contributed by atoms with Gasteiger partial charge < -0.3 is 5.32 Å². The molecule has 2 rings (SSSR count). The van der Waals surface area contributed by atoms with E-state index in [1.807, 2.05) is 0 Å². The minimum atomic E-state index is 0.427. The average molecular weight is 281 g/mol. The summed E-state index contributed by atoms with van der Waals surface area (Å²) in [5, 5.41) is 3.76. The maximum absolute atomic E-state index is 3.76. The highest BCUT2D eigenvalue weighted by Crippen LogP contribution is 2.22. The van der Waals surface area contributed by atoms with Crippen molar-refractivity contribution in [3.63, 3.8) is 0 Å². The van der Waals surface area contributed by atoms with Crippen LogP contribution in [0.5, 0.6) is 0 Å². The van der Waals surface area contributed by atoms with E-state index in [9.17, 15) is 0 Å². The van der Waals surface area contributed by atoms with E-state index < -0.39 is 0 Å². The fourth-order valence-corrected chi connectivity index (χ4v) is 2.80. The zero-order valence-electron chi connectivity index (χ0n) is 13.5. The van der Waals surface area contributed by atoms with E-state index in [0.717, 1.165) is 19.4 Å². The first-order valence-corrected chi connectivity index (χ1v) is 8.05. The van der Waals surface area contributed by atoms with E-state index in [-0.39, 0.29) is 0 Å². The van der Waals surface area contributed by atoms with Gasteiger partial charge in [-0.05, 0) is 35.4 Å². The number of nitrogens with one attached hydrogen (secondary N) is 1. The second-order valence-corrected chi connectivity index (χ2v) is 6.10. The third kappa shape index (κ3) is 4.71. The summed E-state index contributed by atoms with van der Waals surface area (Å²) in [5.41, 5.74) is 4.26. The van der Waals surface area contributed by atoms with Crippen molar-refractivity contribution < 1.29 is 0 Å². The number of hydrogen-bond donors (Lipinski definition) is 1. The van der Waals surface area contributed by atoms with Gasteiger partial charge in [-0.15, -0.1) is 0 Å². The number of benzene rings is 2. The Morgan fingerprint density at radius 2 is 1.48 bits per heavy atom. The quantitative estimate of drug-likeness (QED) is 0.742. The molecule has 1 nitrogen and oxygen atoms in total. The van der Waals surface area contributed by atoms with Gasteiger partial charge in [0, 0.05) is 12.6 Å². The molecular formula is C20H27N. The van der Waals surface area contributed by atoms with Crippen LogP contribution in [0.25, 0.3) is 0 Å². The molecule has 0 aromatic heterocycles. The highest BCUT2D eigenvalue weighted by atomic mass is 14.9. The standard InChI is InChI=1S/C20H27N/c1-4-17-10-8-9-13-19(17)15-21-20(14-16(2)3)18-11-6-5-7-12-18/h5-13,16,20-21H,4,14-15H2,1-3H3. The Bertz CT molecular complexity index is 531. The van der Waals surface area contributed by atoms with Crippen molar-refractivity contribution >= 4 is 0 Å². The van der Waals surface area contributed by atoms with Crippen LogP contribution >= 0.6 is 0 Å². The maximum atomic E-state index is 3.76. The van der Waals surface area contributed by atoms with Gasteiger partial charge in [0.1, 0.15) is 0 Å². The van der Waals surface area contributed by atoms with E-state index in [2.05, 4.69) is 80.7 Å². The molecule has 0 radical (unpaired) electrons. The lowest BCUT2D eigenvalue weighted by Crippen LogP contribution is -2.23. The monoisotopic (exact) mass is 281 g/mol. The summed E-state index contributed by atoms with van der Waals surface area (Å²) in [7, 11) is 0. The first kappa shape index (κ1) is 15.8. The van der Waals surface area contributed by atoms with Gasteiger partial charge in [0.15, 0.2) is 0 Å². The summed E-state index contributed by atoms with van der Waals surface area (Å²) >= 11 is 0. The van der Waals surface area contributed by atoms with Crippen molar-refractivity contribution in [1.29, 1.82) is 0 Å². The van der Waals surface area contributed by atoms with Crippen LogP contribution in [-0.4, -0.2) is 0 Å². The molecule has 1 N–H and O–H groups in total. The third-order valence-corrected chi connectivity index (χ3v) is 3.95. The summed E-state index contributed by atoms with van der Waals surface area (Å²) in [5.74, 6) is 0.684. The lowest BCUT2D eigenvalue weighted by atomic mass is 9.96. The van der Waals surface area contributed by atoms with Crippen LogP contribution in [0.2, 0.25) is 0 Å². The predicted octanol–water partition coefficient (Wildman–Crippen LogP) is 5.13. The van der Waals surface area contributed by atoms with Gasteiger partial charge in [-0.3, -0.25) is 0 Å². The summed E-state index contributed by atoms with van der Waals surface area (Å²) in [6.07, 6.45) is 2.26. The number of rotatable bonds is 7. The molecule has 0 aliphatic rings. The number of hydrogen-bond acceptors (Lipinski definition) is 1. The van der Waals surface area contributed by atoms with Crippen molar-refractivity contribution in [2.45, 2.75) is 46.2 Å². The lowest BCUT2D eigenvalue weighted by molar-refractivity contribution is 0.428. The zero-order valence-corrected chi connectivity index (χ0v) is 13.5. The maximum Gasteiger partial charge on any atom is 0.0325 e. The Morgan fingerprint density at radius 3 is 2.10 bits per heavy atom. The average Bonchev–Trinajstić information content (AvgIpc) is 2.52. The highest BCUT2D eigenvalue weighted by Gasteiger charge is 2.13. The van der Waals surface area contributed by atoms with Crippen LogP contribution in [0.15, 0.2) is 54.6 Å². The third-order valence-electron chi connectivity index (χ3n) is 3.95. The molecule has 1 heteroatoms. The second-order valence-electron chi connectivity index (χ2n) is 6.10. The van der Waals surface area contributed by atoms with E-state index in [4.69, 9.17) is 0 Å². The van der Waals surface area contributed by atoms with Gasteiger partial charge in [0.25, 0.3) is 0 Å². The Kier molecular flexibility index (Phi) is 6.01. The molecule has 0 bridgehead atoms. The topological polar surface area (TPSA) is 12.0 Å². The van der Waals surface area contributed by atoms with E-state index in [1.165, 1.54) is 16.7 Å². The van der Waals surface area contributed by atoms with Crippen molar-refractivity contribution in [3.05, 3.63) is 71.3 Å². The summed E-state index contributed by atoms with van der Waals surface area (Å²) in [6, 6.07) is 20.0. The van der Waals surface area contributed by atoms with Crippen molar-refractivity contribution in [1.82, 2.24) is 5.32 Å². The molecule has 0 fully saturated rings. The van der Waals surface area contributed by atoms with Crippen LogP contribution < -0.4 is 5.32 Å². The Labute approximate surface area is 129 Å². The Balaban J connectivity index is 2.09. The summed E-state index contributed by atoms with van der Waals surface area (Å²) in [6.45, 7) is 7.74. The normalized spacial score (nSPS) is 12.6. The molecule has 0 aliphatic carbocycles. The summed E-state index contributed by atoms with van der Waals surface area (Å²) in [4.78, 5) is 0. The molecule has 1 unspecified atom stereocenters. The Hall–Kier alpha value is -1.60. The fraction of sp³-hybridized carbons (Fsp3) is 0.400. The second kappa shape index (κ2) is 7.99. The molecule has 0 saturated heterocycles. The van der Waals surface area contributed by atoms with Gasteiger partial charge in [-0.2, -0.15) is 0 Å².